The summed E-state index contributed by atoms with van der Waals surface area (Å²) in [4.78, 5) is 23.4. The highest BCUT2D eigenvalue weighted by Gasteiger charge is 2.37. The van der Waals surface area contributed by atoms with E-state index in [2.05, 4.69) is 17.0 Å². The van der Waals surface area contributed by atoms with Gasteiger partial charge in [0.05, 0.1) is 18.4 Å². The molecule has 0 saturated heterocycles. The van der Waals surface area contributed by atoms with Crippen LogP contribution >= 0.6 is 11.3 Å². The maximum absolute atomic E-state index is 11.6. The first-order valence-corrected chi connectivity index (χ1v) is 7.38. The molecule has 0 bridgehead atoms. The summed E-state index contributed by atoms with van der Waals surface area (Å²) in [5.74, 6) is -0.571. The van der Waals surface area contributed by atoms with E-state index in [1.54, 1.807) is 0 Å². The van der Waals surface area contributed by atoms with Gasteiger partial charge >= 0.3 is 5.97 Å². The lowest BCUT2D eigenvalue weighted by molar-refractivity contribution is 0.0607. The van der Waals surface area contributed by atoms with E-state index in [4.69, 9.17) is 11.5 Å². The Bertz CT molecular complexity index is 541. The number of primary amides is 1. The molecule has 1 amide bonds. The summed E-state index contributed by atoms with van der Waals surface area (Å²) in [7, 11) is 1.27. The number of nitrogen functional groups attached to an aromatic ring is 1. The molecule has 20 heavy (non-hydrogen) atoms. The van der Waals surface area contributed by atoms with E-state index in [1.807, 2.05) is 0 Å². The molecule has 1 aromatic heterocycles. The van der Waals surface area contributed by atoms with Crippen LogP contribution in [0.3, 0.4) is 0 Å². The highest BCUT2D eigenvalue weighted by molar-refractivity contribution is 7.19. The molecule has 1 saturated carbocycles. The number of hydrogen-bond donors (Lipinski definition) is 3. The van der Waals surface area contributed by atoms with E-state index in [-0.39, 0.29) is 16.1 Å². The number of thiophene rings is 1. The summed E-state index contributed by atoms with van der Waals surface area (Å²) in [6.45, 7) is 2.14. The third-order valence-corrected chi connectivity index (χ3v) is 4.58. The van der Waals surface area contributed by atoms with Crippen molar-refractivity contribution < 1.29 is 14.3 Å². The fourth-order valence-electron chi connectivity index (χ4n) is 2.32. The molecule has 5 N–H and O–H groups in total. The summed E-state index contributed by atoms with van der Waals surface area (Å²) in [5.41, 5.74) is 11.5. The van der Waals surface area contributed by atoms with Crippen molar-refractivity contribution in [2.24, 2.45) is 11.7 Å². The second kappa shape index (κ2) is 5.70. The Labute approximate surface area is 121 Å². The fraction of sp³-hybridized carbons (Fsp3) is 0.538. The van der Waals surface area contributed by atoms with Gasteiger partial charge in [-0.2, -0.15) is 0 Å². The van der Waals surface area contributed by atoms with Gasteiger partial charge in [0.1, 0.15) is 9.88 Å². The van der Waals surface area contributed by atoms with E-state index in [9.17, 15) is 9.59 Å². The molecule has 7 heteroatoms. The Kier molecular flexibility index (Phi) is 4.17. The molecule has 6 nitrogen and oxygen atoms in total. The van der Waals surface area contributed by atoms with Crippen molar-refractivity contribution in [2.75, 3.05) is 18.2 Å². The van der Waals surface area contributed by atoms with Gasteiger partial charge in [-0.3, -0.25) is 4.79 Å². The Hall–Kier alpha value is -1.76. The summed E-state index contributed by atoms with van der Waals surface area (Å²) in [6.07, 6.45) is 3.34. The molecular weight excluding hydrogens is 278 g/mol. The first-order valence-electron chi connectivity index (χ1n) is 6.56. The van der Waals surface area contributed by atoms with Gasteiger partial charge in [0.15, 0.2) is 0 Å². The molecule has 1 aliphatic carbocycles. The Morgan fingerprint density at radius 3 is 2.75 bits per heavy atom. The molecule has 0 spiro atoms. The average Bonchev–Trinajstić information content (AvgIpc) is 3.03. The standard InChI is InChI=1S/C13H19N3O3S/c1-3-4-6-5-7(6)16-12-8(11(15)17)9(14)10(20-12)13(18)19-2/h6-7,16H,3-5,14H2,1-2H3,(H2,15,17). The zero-order valence-electron chi connectivity index (χ0n) is 11.6. The van der Waals surface area contributed by atoms with Crippen molar-refractivity contribution in [1.29, 1.82) is 0 Å². The molecule has 0 radical (unpaired) electrons. The van der Waals surface area contributed by atoms with Crippen LogP contribution in [-0.4, -0.2) is 25.0 Å². The SMILES string of the molecule is CCCC1CC1Nc1sc(C(=O)OC)c(N)c1C(N)=O. The minimum absolute atomic E-state index is 0.101. The molecule has 1 aromatic rings. The van der Waals surface area contributed by atoms with Crippen LogP contribution in [0.4, 0.5) is 10.7 Å². The quantitative estimate of drug-likeness (QED) is 0.694. The van der Waals surface area contributed by atoms with E-state index < -0.39 is 11.9 Å². The molecule has 0 aliphatic heterocycles. The summed E-state index contributed by atoms with van der Waals surface area (Å²) in [6, 6.07) is 0.330. The fourth-order valence-corrected chi connectivity index (χ4v) is 3.42. The third-order valence-electron chi connectivity index (χ3n) is 3.46. The lowest BCUT2D eigenvalue weighted by Gasteiger charge is -2.05. The van der Waals surface area contributed by atoms with E-state index in [0.29, 0.717) is 17.0 Å². The third kappa shape index (κ3) is 2.72. The Balaban J connectivity index is 2.23. The van der Waals surface area contributed by atoms with E-state index in [1.165, 1.54) is 7.11 Å². The molecule has 1 heterocycles. The number of ether oxygens (including phenoxy) is 1. The maximum Gasteiger partial charge on any atom is 0.350 e. The second-order valence-electron chi connectivity index (χ2n) is 4.94. The molecule has 1 aliphatic rings. The van der Waals surface area contributed by atoms with Gasteiger partial charge in [-0.25, -0.2) is 4.79 Å². The Morgan fingerprint density at radius 1 is 1.50 bits per heavy atom. The lowest BCUT2D eigenvalue weighted by Crippen LogP contribution is -2.16. The zero-order chi connectivity index (χ0) is 14.9. The molecule has 0 aromatic carbocycles. The first kappa shape index (κ1) is 14.6. The number of nitrogens with one attached hydrogen (secondary N) is 1. The van der Waals surface area contributed by atoms with E-state index in [0.717, 1.165) is 30.6 Å². The maximum atomic E-state index is 11.6. The summed E-state index contributed by atoms with van der Waals surface area (Å²) in [5, 5.41) is 3.84. The smallest absolute Gasteiger partial charge is 0.350 e. The van der Waals surface area contributed by atoms with E-state index >= 15 is 0 Å². The minimum atomic E-state index is -0.635. The normalized spacial score (nSPS) is 20.5. The van der Waals surface area contributed by atoms with Crippen LogP contribution in [0.15, 0.2) is 0 Å². The highest BCUT2D eigenvalue weighted by atomic mass is 32.1. The zero-order valence-corrected chi connectivity index (χ0v) is 12.4. The molecular formula is C13H19N3O3S. The van der Waals surface area contributed by atoms with Gasteiger partial charge in [0.2, 0.25) is 0 Å². The van der Waals surface area contributed by atoms with Gasteiger partial charge in [0.25, 0.3) is 5.91 Å². The van der Waals surface area contributed by atoms with Crippen molar-refractivity contribution in [3.05, 3.63) is 10.4 Å². The van der Waals surface area contributed by atoms with Crippen molar-refractivity contribution in [1.82, 2.24) is 0 Å². The largest absolute Gasteiger partial charge is 0.465 e. The number of methoxy groups -OCH3 is 1. The van der Waals surface area contributed by atoms with Crippen LogP contribution in [0.1, 0.15) is 46.2 Å². The van der Waals surface area contributed by atoms with Gasteiger partial charge in [0, 0.05) is 6.04 Å². The van der Waals surface area contributed by atoms with Crippen LogP contribution in [0.25, 0.3) is 0 Å². The van der Waals surface area contributed by atoms with Gasteiger partial charge < -0.3 is 21.5 Å². The number of rotatable bonds is 6. The minimum Gasteiger partial charge on any atom is -0.465 e. The van der Waals surface area contributed by atoms with Crippen molar-refractivity contribution in [2.45, 2.75) is 32.2 Å². The molecule has 2 atom stereocenters. The van der Waals surface area contributed by atoms with Gasteiger partial charge in [-0.15, -0.1) is 11.3 Å². The molecule has 1 fully saturated rings. The van der Waals surface area contributed by atoms with Crippen LogP contribution < -0.4 is 16.8 Å². The van der Waals surface area contributed by atoms with Crippen molar-refractivity contribution in [3.63, 3.8) is 0 Å². The highest BCUT2D eigenvalue weighted by Crippen LogP contribution is 2.42. The number of amides is 1. The number of carbonyl (C=O) groups excluding carboxylic acids is 2. The van der Waals surface area contributed by atoms with Crippen LogP contribution in [0, 0.1) is 5.92 Å². The number of carbonyl (C=O) groups is 2. The number of anilines is 2. The molecule has 110 valence electrons. The molecule has 2 rings (SSSR count). The lowest BCUT2D eigenvalue weighted by atomic mass is 10.2. The molecule has 2 unspecified atom stereocenters. The summed E-state index contributed by atoms with van der Waals surface area (Å²) >= 11 is 1.12. The number of esters is 1. The van der Waals surface area contributed by atoms with Crippen molar-refractivity contribution in [3.8, 4) is 0 Å². The number of hydrogen-bond acceptors (Lipinski definition) is 6. The van der Waals surface area contributed by atoms with Crippen LogP contribution in [0.2, 0.25) is 0 Å². The monoisotopic (exact) mass is 297 g/mol. The predicted octanol–water partition coefficient (Wildman–Crippen LogP) is 1.82. The number of nitrogens with two attached hydrogens (primary N) is 2. The predicted molar refractivity (Wildman–Crippen MR) is 79.0 cm³/mol. The Morgan fingerprint density at radius 2 is 2.20 bits per heavy atom. The van der Waals surface area contributed by atoms with Gasteiger partial charge in [-0.1, -0.05) is 13.3 Å². The summed E-state index contributed by atoms with van der Waals surface area (Å²) < 4.78 is 4.66. The second-order valence-corrected chi connectivity index (χ2v) is 5.96. The van der Waals surface area contributed by atoms with Crippen molar-refractivity contribution >= 4 is 33.9 Å². The topological polar surface area (TPSA) is 107 Å². The van der Waals surface area contributed by atoms with Crippen LogP contribution in [-0.2, 0) is 4.74 Å². The first-order chi connectivity index (χ1) is 9.49. The van der Waals surface area contributed by atoms with Crippen LogP contribution in [0.5, 0.6) is 0 Å². The average molecular weight is 297 g/mol. The van der Waals surface area contributed by atoms with Gasteiger partial charge in [-0.05, 0) is 18.8 Å².